The number of ether oxygens (including phenoxy) is 1. The summed E-state index contributed by atoms with van der Waals surface area (Å²) in [5.41, 5.74) is 1.01. The number of hydrogen-bond acceptors (Lipinski definition) is 4. The molecule has 16 heavy (non-hydrogen) atoms. The first-order chi connectivity index (χ1) is 7.34. The van der Waals surface area contributed by atoms with E-state index in [4.69, 9.17) is 4.74 Å². The number of ketones is 2. The quantitative estimate of drug-likeness (QED) is 0.393. The SMILES string of the molecule is CC(=O)[C@@H](C)CC(=O)C(=O)OCC=C(C)C. The van der Waals surface area contributed by atoms with Crippen molar-refractivity contribution in [1.82, 2.24) is 0 Å². The van der Waals surface area contributed by atoms with E-state index in [-0.39, 0.29) is 18.8 Å². The third-order valence-electron chi connectivity index (χ3n) is 2.12. The van der Waals surface area contributed by atoms with Gasteiger partial charge in [0.05, 0.1) is 0 Å². The van der Waals surface area contributed by atoms with Crippen molar-refractivity contribution >= 4 is 17.5 Å². The van der Waals surface area contributed by atoms with Crippen LogP contribution in [0, 0.1) is 5.92 Å². The molecule has 0 radical (unpaired) electrons. The normalized spacial score (nSPS) is 11.5. The lowest BCUT2D eigenvalue weighted by Gasteiger charge is -2.05. The van der Waals surface area contributed by atoms with Crippen molar-refractivity contribution < 1.29 is 19.1 Å². The first kappa shape index (κ1) is 14.6. The van der Waals surface area contributed by atoms with Gasteiger partial charge in [-0.25, -0.2) is 4.79 Å². The van der Waals surface area contributed by atoms with E-state index in [9.17, 15) is 14.4 Å². The summed E-state index contributed by atoms with van der Waals surface area (Å²) in [6.07, 6.45) is 1.63. The second-order valence-electron chi connectivity index (χ2n) is 4.02. The molecule has 0 aromatic carbocycles. The number of Topliss-reactive ketones (excluding diaryl/α,β-unsaturated/α-hetero) is 2. The van der Waals surface area contributed by atoms with Gasteiger partial charge in [0, 0.05) is 12.3 Å². The number of carbonyl (C=O) groups excluding carboxylic acids is 3. The zero-order valence-electron chi connectivity index (χ0n) is 10.2. The highest BCUT2D eigenvalue weighted by atomic mass is 16.5. The van der Waals surface area contributed by atoms with Crippen LogP contribution in [-0.4, -0.2) is 24.1 Å². The van der Waals surface area contributed by atoms with Gasteiger partial charge in [-0.1, -0.05) is 12.5 Å². The molecule has 0 unspecified atom stereocenters. The fourth-order valence-electron chi connectivity index (χ4n) is 0.870. The summed E-state index contributed by atoms with van der Waals surface area (Å²) in [5, 5.41) is 0. The average molecular weight is 226 g/mol. The fourth-order valence-corrected chi connectivity index (χ4v) is 0.870. The molecule has 90 valence electrons. The minimum Gasteiger partial charge on any atom is -0.456 e. The van der Waals surface area contributed by atoms with Gasteiger partial charge in [0.1, 0.15) is 12.4 Å². The monoisotopic (exact) mass is 226 g/mol. The van der Waals surface area contributed by atoms with Crippen LogP contribution in [0.15, 0.2) is 11.6 Å². The Labute approximate surface area is 95.7 Å². The van der Waals surface area contributed by atoms with E-state index in [1.807, 2.05) is 13.8 Å². The Morgan fingerprint density at radius 2 is 1.75 bits per heavy atom. The molecule has 0 bridgehead atoms. The van der Waals surface area contributed by atoms with Crippen molar-refractivity contribution in [2.45, 2.75) is 34.1 Å². The van der Waals surface area contributed by atoms with Gasteiger partial charge in [-0.15, -0.1) is 0 Å². The van der Waals surface area contributed by atoms with Crippen LogP contribution in [0.1, 0.15) is 34.1 Å². The molecule has 0 aliphatic heterocycles. The Hall–Kier alpha value is -1.45. The van der Waals surface area contributed by atoms with E-state index in [0.29, 0.717) is 0 Å². The van der Waals surface area contributed by atoms with Crippen LogP contribution in [0.25, 0.3) is 0 Å². The summed E-state index contributed by atoms with van der Waals surface area (Å²) in [6, 6.07) is 0. The number of hydrogen-bond donors (Lipinski definition) is 0. The summed E-state index contributed by atoms with van der Waals surface area (Å²) in [6.45, 7) is 6.85. The summed E-state index contributed by atoms with van der Waals surface area (Å²) < 4.78 is 4.72. The molecule has 4 heteroatoms. The lowest BCUT2D eigenvalue weighted by molar-refractivity contribution is -0.153. The Balaban J connectivity index is 4.05. The van der Waals surface area contributed by atoms with Crippen LogP contribution in [0.4, 0.5) is 0 Å². The maximum atomic E-state index is 11.3. The van der Waals surface area contributed by atoms with Gasteiger partial charge in [0.25, 0.3) is 0 Å². The highest BCUT2D eigenvalue weighted by Gasteiger charge is 2.20. The van der Waals surface area contributed by atoms with Gasteiger partial charge in [-0.2, -0.15) is 0 Å². The molecule has 0 spiro atoms. The topological polar surface area (TPSA) is 60.4 Å². The van der Waals surface area contributed by atoms with Crippen molar-refractivity contribution in [2.24, 2.45) is 5.92 Å². The third-order valence-corrected chi connectivity index (χ3v) is 2.12. The molecule has 0 saturated heterocycles. The molecule has 0 amide bonds. The number of rotatable bonds is 6. The zero-order valence-corrected chi connectivity index (χ0v) is 10.2. The molecule has 0 heterocycles. The van der Waals surface area contributed by atoms with Gasteiger partial charge in [-0.3, -0.25) is 9.59 Å². The number of esters is 1. The molecule has 0 N–H and O–H groups in total. The van der Waals surface area contributed by atoms with Gasteiger partial charge in [0.15, 0.2) is 0 Å². The van der Waals surface area contributed by atoms with Gasteiger partial charge in [-0.05, 0) is 26.8 Å². The maximum absolute atomic E-state index is 11.3. The van der Waals surface area contributed by atoms with Crippen LogP contribution in [0.2, 0.25) is 0 Å². The van der Waals surface area contributed by atoms with Gasteiger partial charge >= 0.3 is 5.97 Å². The number of allylic oxidation sites excluding steroid dienone is 1. The molecule has 4 nitrogen and oxygen atoms in total. The molecule has 0 aromatic heterocycles. The smallest absolute Gasteiger partial charge is 0.374 e. The van der Waals surface area contributed by atoms with Crippen LogP contribution in [0.5, 0.6) is 0 Å². The molecule has 0 aliphatic carbocycles. The average Bonchev–Trinajstić information content (AvgIpc) is 2.16. The lowest BCUT2D eigenvalue weighted by atomic mass is 10.0. The fraction of sp³-hybridized carbons (Fsp3) is 0.583. The largest absolute Gasteiger partial charge is 0.456 e. The zero-order chi connectivity index (χ0) is 12.7. The molecular formula is C12H18O4. The predicted octanol–water partition coefficient (Wildman–Crippen LogP) is 1.68. The van der Waals surface area contributed by atoms with E-state index < -0.39 is 17.7 Å². The molecule has 0 rings (SSSR count). The van der Waals surface area contributed by atoms with E-state index in [2.05, 4.69) is 0 Å². The summed E-state index contributed by atoms with van der Waals surface area (Å²) in [7, 11) is 0. The molecular weight excluding hydrogens is 208 g/mol. The lowest BCUT2D eigenvalue weighted by Crippen LogP contribution is -2.22. The molecule has 0 saturated carbocycles. The Bertz CT molecular complexity index is 311. The maximum Gasteiger partial charge on any atom is 0.374 e. The van der Waals surface area contributed by atoms with E-state index >= 15 is 0 Å². The third kappa shape index (κ3) is 6.11. The molecule has 0 aromatic rings. The van der Waals surface area contributed by atoms with Crippen molar-refractivity contribution in [3.63, 3.8) is 0 Å². The standard InChI is InChI=1S/C12H18O4/c1-8(2)5-6-16-12(15)11(14)7-9(3)10(4)13/h5,9H,6-7H2,1-4H3/t9-/m0/s1. The second-order valence-corrected chi connectivity index (χ2v) is 4.02. The Morgan fingerprint density at radius 3 is 2.19 bits per heavy atom. The minimum atomic E-state index is -0.870. The molecule has 0 aliphatic rings. The van der Waals surface area contributed by atoms with Crippen molar-refractivity contribution in [3.8, 4) is 0 Å². The highest BCUT2D eigenvalue weighted by Crippen LogP contribution is 2.04. The van der Waals surface area contributed by atoms with Gasteiger partial charge < -0.3 is 4.74 Å². The first-order valence-corrected chi connectivity index (χ1v) is 5.18. The second kappa shape index (κ2) is 6.93. The molecule has 0 fully saturated rings. The van der Waals surface area contributed by atoms with Crippen LogP contribution in [-0.2, 0) is 19.1 Å². The van der Waals surface area contributed by atoms with Gasteiger partial charge in [0.2, 0.25) is 5.78 Å². The number of carbonyl (C=O) groups is 3. The Morgan fingerprint density at radius 1 is 1.19 bits per heavy atom. The predicted molar refractivity (Wildman–Crippen MR) is 59.9 cm³/mol. The van der Waals surface area contributed by atoms with E-state index in [0.717, 1.165) is 5.57 Å². The van der Waals surface area contributed by atoms with E-state index in [1.54, 1.807) is 13.0 Å². The Kier molecular flexibility index (Phi) is 6.30. The van der Waals surface area contributed by atoms with Crippen LogP contribution < -0.4 is 0 Å². The first-order valence-electron chi connectivity index (χ1n) is 5.18. The van der Waals surface area contributed by atoms with Crippen molar-refractivity contribution in [2.75, 3.05) is 6.61 Å². The van der Waals surface area contributed by atoms with Crippen molar-refractivity contribution in [3.05, 3.63) is 11.6 Å². The van der Waals surface area contributed by atoms with Crippen LogP contribution >= 0.6 is 0 Å². The summed E-state index contributed by atoms with van der Waals surface area (Å²) >= 11 is 0. The minimum absolute atomic E-state index is 0.0804. The van der Waals surface area contributed by atoms with E-state index in [1.165, 1.54) is 6.92 Å². The highest BCUT2D eigenvalue weighted by molar-refractivity contribution is 6.34. The molecule has 1 atom stereocenters. The summed E-state index contributed by atoms with van der Waals surface area (Å²) in [4.78, 5) is 33.3. The van der Waals surface area contributed by atoms with Crippen LogP contribution in [0.3, 0.4) is 0 Å². The summed E-state index contributed by atoms with van der Waals surface area (Å²) in [5.74, 6) is -2.05. The van der Waals surface area contributed by atoms with Crippen molar-refractivity contribution in [1.29, 1.82) is 0 Å².